The number of nitrogens with zero attached hydrogens (tertiary/aromatic N) is 4. The molecule has 534 valence electrons. The second kappa shape index (κ2) is 31.7. The molecule has 36 heteroatoms. The van der Waals surface area contributed by atoms with Crippen molar-refractivity contribution in [3.63, 3.8) is 0 Å². The van der Waals surface area contributed by atoms with Gasteiger partial charge in [0.05, 0.1) is 13.2 Å². The van der Waals surface area contributed by atoms with Gasteiger partial charge in [-0.2, -0.15) is 26.3 Å². The first kappa shape index (κ1) is 78.0. The van der Waals surface area contributed by atoms with Crippen LogP contribution in [0.2, 0.25) is 44.3 Å². The van der Waals surface area contributed by atoms with Crippen molar-refractivity contribution in [3.8, 4) is 0 Å². The van der Waals surface area contributed by atoms with Gasteiger partial charge in [0.1, 0.15) is 24.4 Å². The monoisotopic (exact) mass is 1420 g/mol. The SMILES string of the molecule is CC(C)[Si]1(C(C)C)OC[C@H]2O[C@@H](n3ccc(=O)[nH]c3=O)[C@H](OC(=O)NCCCN(CCCCN(CCCNC(=O)O[C@@H]3[C@@H]4O[Si](C(C)C)(C(C)C)O[Si](C(C)C)(C(C)C)OC[C@H]4O[C@H]3n3ccc(=O)[nH]c3=O)C(=O)C(F)(F)F)C(=O)C(F)(F)F)[C@@H]2O[Si](C(C)C)(C(C)C)O1. The van der Waals surface area contributed by atoms with Gasteiger partial charge >= 0.3 is 82.0 Å². The molecule has 4 N–H and O–H groups in total. The predicted octanol–water partition coefficient (Wildman–Crippen LogP) is 8.33. The number of H-pyrrole nitrogens is 2. The number of hydrogen-bond donors (Lipinski definition) is 4. The third kappa shape index (κ3) is 17.4. The molecule has 26 nitrogen and oxygen atoms in total. The number of alkyl carbamates (subject to hydrolysis) is 2. The second-order valence-electron chi connectivity index (χ2n) is 26.9. The molecule has 2 aromatic rings. The van der Waals surface area contributed by atoms with Crippen LogP contribution in [-0.4, -0.2) is 189 Å². The first-order chi connectivity index (χ1) is 43.7. The highest BCUT2D eigenvalue weighted by Crippen LogP contribution is 2.51. The highest BCUT2D eigenvalue weighted by atomic mass is 28.5. The van der Waals surface area contributed by atoms with Crippen molar-refractivity contribution < 1.29 is 90.4 Å². The number of alkyl halides is 6. The summed E-state index contributed by atoms with van der Waals surface area (Å²) < 4.78 is 154. The molecule has 4 aliphatic rings. The van der Waals surface area contributed by atoms with E-state index in [0.717, 1.165) is 21.3 Å². The van der Waals surface area contributed by atoms with Crippen molar-refractivity contribution in [2.24, 2.45) is 0 Å². The molecule has 0 aliphatic carbocycles. The molecule has 2 aromatic heterocycles. The number of carbonyl (C=O) groups excluding carboxylic acids is 4. The molecular weight excluding hydrogens is 1320 g/mol. The predicted molar refractivity (Wildman–Crippen MR) is 338 cm³/mol. The van der Waals surface area contributed by atoms with Crippen LogP contribution in [0.4, 0.5) is 35.9 Å². The maximum absolute atomic E-state index is 14.0. The molecule has 0 aromatic carbocycles. The summed E-state index contributed by atoms with van der Waals surface area (Å²) in [4.78, 5) is 109. The van der Waals surface area contributed by atoms with Crippen LogP contribution in [-0.2, 0) is 54.5 Å². The molecule has 0 saturated carbocycles. The molecule has 94 heavy (non-hydrogen) atoms. The zero-order valence-corrected chi connectivity index (χ0v) is 60.4. The van der Waals surface area contributed by atoms with Gasteiger partial charge in [0.25, 0.3) is 11.1 Å². The maximum Gasteiger partial charge on any atom is 0.471 e. The van der Waals surface area contributed by atoms with E-state index >= 15 is 0 Å². The number of aromatic nitrogens is 4. The molecule has 4 amide bonds. The average Bonchev–Trinajstić information content (AvgIpc) is 1.43. The average molecular weight is 1420 g/mol. The van der Waals surface area contributed by atoms with E-state index in [1.165, 1.54) is 12.4 Å². The van der Waals surface area contributed by atoms with E-state index in [4.69, 9.17) is 44.9 Å². The first-order valence-electron chi connectivity index (χ1n) is 32.3. The quantitative estimate of drug-likeness (QED) is 0.0412. The van der Waals surface area contributed by atoms with Gasteiger partial charge in [-0.3, -0.25) is 38.3 Å². The Bertz CT molecular complexity index is 2910. The van der Waals surface area contributed by atoms with Crippen LogP contribution >= 0.6 is 0 Å². The first-order valence-corrected chi connectivity index (χ1v) is 40.2. The smallest absolute Gasteiger partial charge is 0.439 e. The van der Waals surface area contributed by atoms with Crippen LogP contribution in [0, 0.1) is 0 Å². The second-order valence-corrected chi connectivity index (χ2v) is 44.6. The minimum Gasteiger partial charge on any atom is -0.439 e. The Morgan fingerprint density at radius 2 is 0.809 bits per heavy atom. The molecule has 0 unspecified atom stereocenters. The van der Waals surface area contributed by atoms with Gasteiger partial charge in [0, 0.05) is 63.8 Å². The summed E-state index contributed by atoms with van der Waals surface area (Å²) in [5, 5.41) is 4.94. The van der Waals surface area contributed by atoms with E-state index in [1.54, 1.807) is 0 Å². The lowest BCUT2D eigenvalue weighted by atomic mass is 10.1. The summed E-state index contributed by atoms with van der Waals surface area (Å²) >= 11 is 0. The van der Waals surface area contributed by atoms with Gasteiger partial charge in [-0.1, -0.05) is 111 Å². The van der Waals surface area contributed by atoms with Gasteiger partial charge in [-0.25, -0.2) is 19.2 Å². The molecule has 4 saturated heterocycles. The summed E-state index contributed by atoms with van der Waals surface area (Å²) in [5.41, 5.74) is -4.17. The standard InChI is InChI=1S/C58H96F6N8O18Si4/c1-33(2)91(34(3)4)81-31-41-45(87-93(89-91,37(9)10)38(11)12)47(49(83-41)71-29-21-43(73)67-53(71)77)85-55(79)65-23-19-27-69(51(75)57(59,60)61)25-17-18-26-70(52(76)58(62,63)64)28-20-24-66-56(80)86-48-46-42(84-50(48)72-30-22-44(74)68-54(72)78)32-82-92(35(5)6,36(7)8)90-94(88-46,39(13)14)40(15)16/h21-22,29-30,33-42,45-50H,17-20,23-28,31-32H2,1-16H3,(H,65,79)(H,66,80)(H,67,73,77)(H,68,74,78)/t41-,42-,45-,46-,47-,48-,49-,50-/m1/s1. The van der Waals surface area contributed by atoms with Crippen molar-refractivity contribution >= 4 is 58.2 Å². The van der Waals surface area contributed by atoms with Gasteiger partial charge < -0.3 is 65.3 Å². The van der Waals surface area contributed by atoms with Crippen molar-refractivity contribution in [1.82, 2.24) is 39.5 Å². The summed E-state index contributed by atoms with van der Waals surface area (Å²) in [6.07, 6.45) is -21.5. The van der Waals surface area contributed by atoms with E-state index in [9.17, 15) is 64.7 Å². The Morgan fingerprint density at radius 3 is 1.09 bits per heavy atom. The number of unbranched alkanes of at least 4 members (excludes halogenated alkanes) is 1. The van der Waals surface area contributed by atoms with Gasteiger partial charge in [0.2, 0.25) is 0 Å². The molecular formula is C58H96F6N8O18Si4. The normalized spacial score (nSPS) is 24.4. The Morgan fingerprint density at radius 1 is 0.511 bits per heavy atom. The minimum absolute atomic E-state index is 0.0483. The molecule has 0 bridgehead atoms. The lowest BCUT2D eigenvalue weighted by Gasteiger charge is -2.51. The molecule has 4 aliphatic heterocycles. The van der Waals surface area contributed by atoms with Crippen LogP contribution in [0.3, 0.4) is 0 Å². The van der Waals surface area contributed by atoms with Crippen molar-refractivity contribution in [2.45, 2.75) is 242 Å². The molecule has 8 atom stereocenters. The van der Waals surface area contributed by atoms with Gasteiger partial charge in [-0.05, 0) is 70.0 Å². The van der Waals surface area contributed by atoms with Crippen LogP contribution in [0.5, 0.6) is 0 Å². The fourth-order valence-electron chi connectivity index (χ4n) is 13.0. The van der Waals surface area contributed by atoms with Crippen LogP contribution in [0.25, 0.3) is 0 Å². The number of amides is 4. The van der Waals surface area contributed by atoms with Crippen molar-refractivity contribution in [1.29, 1.82) is 0 Å². The summed E-state index contributed by atoms with van der Waals surface area (Å²) in [7, 11) is -13.0. The molecule has 6 rings (SSSR count). The number of carbonyl (C=O) groups is 4. The third-order valence-corrected chi connectivity index (χ3v) is 38.4. The summed E-state index contributed by atoms with van der Waals surface area (Å²) in [6.45, 7) is 28.4. The molecule has 6 heterocycles. The highest BCUT2D eigenvalue weighted by molar-refractivity contribution is 6.84. The maximum atomic E-state index is 14.0. The zero-order chi connectivity index (χ0) is 70.4. The largest absolute Gasteiger partial charge is 0.471 e. The number of nitrogens with one attached hydrogen (secondary N) is 4. The Balaban J connectivity index is 1.10. The minimum atomic E-state index is -5.38. The summed E-state index contributed by atoms with van der Waals surface area (Å²) in [5.74, 6) is -4.53. The number of halogens is 6. The third-order valence-electron chi connectivity index (χ3n) is 17.9. The fraction of sp³-hybridized carbons (Fsp3) is 0.793. The molecule has 0 radical (unpaired) electrons. The number of hydrogen-bond acceptors (Lipinski definition) is 18. The zero-order valence-electron chi connectivity index (χ0n) is 56.4. The van der Waals surface area contributed by atoms with E-state index in [1.807, 2.05) is 111 Å². The Kier molecular flexibility index (Phi) is 26.3. The van der Waals surface area contributed by atoms with E-state index in [0.29, 0.717) is 9.80 Å². The summed E-state index contributed by atoms with van der Waals surface area (Å²) in [6, 6.07) is 2.15. The number of ether oxygens (including phenoxy) is 4. The number of aromatic amines is 2. The van der Waals surface area contributed by atoms with E-state index in [-0.39, 0.29) is 96.3 Å². The van der Waals surface area contributed by atoms with Gasteiger partial charge in [0.15, 0.2) is 24.7 Å². The molecule has 0 spiro atoms. The van der Waals surface area contributed by atoms with Crippen molar-refractivity contribution in [3.05, 3.63) is 66.2 Å². The Hall–Kier alpha value is -5.03. The highest BCUT2D eigenvalue weighted by Gasteiger charge is 2.65. The van der Waals surface area contributed by atoms with Crippen LogP contribution in [0.1, 0.15) is 149 Å². The Labute approximate surface area is 547 Å². The lowest BCUT2D eigenvalue weighted by Crippen LogP contribution is -2.66. The van der Waals surface area contributed by atoms with Crippen molar-refractivity contribution in [2.75, 3.05) is 52.5 Å². The van der Waals surface area contributed by atoms with E-state index < -0.39 is 168 Å². The lowest BCUT2D eigenvalue weighted by molar-refractivity contribution is -0.186. The van der Waals surface area contributed by atoms with E-state index in [2.05, 4.69) is 20.6 Å². The van der Waals surface area contributed by atoms with Crippen LogP contribution in [0.15, 0.2) is 43.7 Å². The number of fused-ring (bicyclic) bond motifs is 2. The molecule has 4 fully saturated rings. The topological polar surface area (TPSA) is 301 Å². The van der Waals surface area contributed by atoms with Crippen LogP contribution < -0.4 is 33.1 Å². The number of rotatable bonds is 25. The fourth-order valence-corrected chi connectivity index (χ4v) is 35.5. The van der Waals surface area contributed by atoms with Gasteiger partial charge in [-0.15, -0.1) is 0 Å².